The number of rotatable bonds is 8. The van der Waals surface area contributed by atoms with Crippen molar-refractivity contribution in [3.8, 4) is 11.3 Å². The Bertz CT molecular complexity index is 1150. The molecule has 3 aromatic rings. The van der Waals surface area contributed by atoms with Crippen LogP contribution in [-0.2, 0) is 30.5 Å². The lowest BCUT2D eigenvalue weighted by Gasteiger charge is -2.24. The van der Waals surface area contributed by atoms with Crippen LogP contribution < -0.4 is 5.32 Å². The molecule has 0 aliphatic carbocycles. The van der Waals surface area contributed by atoms with Crippen molar-refractivity contribution in [1.29, 1.82) is 0 Å². The van der Waals surface area contributed by atoms with Crippen LogP contribution in [0.5, 0.6) is 0 Å². The number of aliphatic carboxylic acids is 1. The Hall–Kier alpha value is -3.88. The van der Waals surface area contributed by atoms with Gasteiger partial charge in [0.1, 0.15) is 0 Å². The van der Waals surface area contributed by atoms with E-state index >= 15 is 0 Å². The van der Waals surface area contributed by atoms with Gasteiger partial charge in [-0.25, -0.2) is 4.79 Å². The van der Waals surface area contributed by atoms with E-state index in [-0.39, 0.29) is 31.6 Å². The van der Waals surface area contributed by atoms with Gasteiger partial charge >= 0.3 is 18.2 Å². The third-order valence-corrected chi connectivity index (χ3v) is 5.20. The summed E-state index contributed by atoms with van der Waals surface area (Å²) in [5, 5.41) is 11.8. The molecule has 178 valence electrons. The molecule has 0 bridgehead atoms. The Morgan fingerprint density at radius 3 is 2.41 bits per heavy atom. The number of halogens is 3. The first-order valence-electron chi connectivity index (χ1n) is 10.6. The van der Waals surface area contributed by atoms with Gasteiger partial charge in [0.05, 0.1) is 17.7 Å². The van der Waals surface area contributed by atoms with Gasteiger partial charge < -0.3 is 15.3 Å². The fourth-order valence-electron chi connectivity index (χ4n) is 3.48. The smallest absolute Gasteiger partial charge is 0.416 e. The SMILES string of the molecule is CCN(Cc1cc(C(F)(F)F)ccc1-c1cc(CC(=O)O)ccn1)C(=O)NCc1ccccc1. The van der Waals surface area contributed by atoms with Crippen molar-refractivity contribution in [2.24, 2.45) is 0 Å². The van der Waals surface area contributed by atoms with Crippen molar-refractivity contribution in [3.63, 3.8) is 0 Å². The second-order valence-corrected chi connectivity index (χ2v) is 7.65. The van der Waals surface area contributed by atoms with Gasteiger partial charge in [-0.1, -0.05) is 36.4 Å². The van der Waals surface area contributed by atoms with E-state index in [4.69, 9.17) is 5.11 Å². The molecule has 34 heavy (non-hydrogen) atoms. The lowest BCUT2D eigenvalue weighted by atomic mass is 9.98. The zero-order valence-electron chi connectivity index (χ0n) is 18.5. The number of carboxylic acid groups (broad SMARTS) is 1. The number of urea groups is 1. The average molecular weight is 471 g/mol. The zero-order valence-corrected chi connectivity index (χ0v) is 18.5. The maximum atomic E-state index is 13.4. The van der Waals surface area contributed by atoms with Crippen LogP contribution in [0.2, 0.25) is 0 Å². The molecular formula is C25H24F3N3O3. The minimum absolute atomic E-state index is 0.0821. The molecule has 1 heterocycles. The van der Waals surface area contributed by atoms with Crippen molar-refractivity contribution in [2.45, 2.75) is 32.6 Å². The van der Waals surface area contributed by atoms with E-state index in [0.717, 1.165) is 17.7 Å². The molecule has 2 amide bonds. The lowest BCUT2D eigenvalue weighted by molar-refractivity contribution is -0.138. The quantitative estimate of drug-likeness (QED) is 0.477. The molecule has 0 fully saturated rings. The largest absolute Gasteiger partial charge is 0.481 e. The fraction of sp³-hybridized carbons (Fsp3) is 0.240. The van der Waals surface area contributed by atoms with Crippen LogP contribution in [0, 0.1) is 0 Å². The maximum Gasteiger partial charge on any atom is 0.416 e. The Morgan fingerprint density at radius 1 is 1.03 bits per heavy atom. The number of hydrogen-bond donors (Lipinski definition) is 2. The summed E-state index contributed by atoms with van der Waals surface area (Å²) in [6.45, 7) is 2.20. The molecule has 0 spiro atoms. The molecule has 0 saturated heterocycles. The highest BCUT2D eigenvalue weighted by Crippen LogP contribution is 2.33. The highest BCUT2D eigenvalue weighted by atomic mass is 19.4. The molecule has 0 saturated carbocycles. The predicted octanol–water partition coefficient (Wildman–Crippen LogP) is 5.13. The molecule has 0 radical (unpaired) electrons. The Labute approximate surface area is 195 Å². The number of nitrogens with zero attached hydrogens (tertiary/aromatic N) is 2. The van der Waals surface area contributed by atoms with Gasteiger partial charge in [-0.15, -0.1) is 0 Å². The van der Waals surface area contributed by atoms with Crippen LogP contribution >= 0.6 is 0 Å². The van der Waals surface area contributed by atoms with E-state index in [0.29, 0.717) is 16.8 Å². The first kappa shape index (κ1) is 24.8. The fourth-order valence-corrected chi connectivity index (χ4v) is 3.48. The van der Waals surface area contributed by atoms with Crippen LogP contribution in [-0.4, -0.2) is 33.5 Å². The lowest BCUT2D eigenvalue weighted by Crippen LogP contribution is -2.39. The van der Waals surface area contributed by atoms with Crippen LogP contribution in [0.15, 0.2) is 66.9 Å². The van der Waals surface area contributed by atoms with Gasteiger partial charge in [0, 0.05) is 31.4 Å². The number of hydrogen-bond acceptors (Lipinski definition) is 3. The summed E-state index contributed by atoms with van der Waals surface area (Å²) < 4.78 is 40.3. The van der Waals surface area contributed by atoms with Crippen LogP contribution in [0.4, 0.5) is 18.0 Å². The molecule has 2 N–H and O–H groups in total. The average Bonchev–Trinajstić information content (AvgIpc) is 2.80. The van der Waals surface area contributed by atoms with Gasteiger partial charge in [0.2, 0.25) is 0 Å². The zero-order chi connectivity index (χ0) is 24.7. The van der Waals surface area contributed by atoms with E-state index in [1.165, 1.54) is 29.3 Å². The third kappa shape index (κ3) is 6.57. The molecule has 3 rings (SSSR count). The second-order valence-electron chi connectivity index (χ2n) is 7.65. The molecule has 2 aromatic carbocycles. The number of pyridine rings is 1. The van der Waals surface area contributed by atoms with E-state index in [1.807, 2.05) is 30.3 Å². The highest BCUT2D eigenvalue weighted by molar-refractivity contribution is 5.75. The van der Waals surface area contributed by atoms with Crippen molar-refractivity contribution in [2.75, 3.05) is 6.54 Å². The minimum atomic E-state index is -4.56. The summed E-state index contributed by atoms with van der Waals surface area (Å²) in [5.74, 6) is -1.03. The molecule has 1 aromatic heterocycles. The van der Waals surface area contributed by atoms with Crippen LogP contribution in [0.3, 0.4) is 0 Å². The number of carbonyl (C=O) groups excluding carboxylic acids is 1. The normalized spacial score (nSPS) is 11.2. The maximum absolute atomic E-state index is 13.4. The van der Waals surface area contributed by atoms with E-state index < -0.39 is 23.7 Å². The molecule has 0 aliphatic rings. The molecule has 9 heteroatoms. The van der Waals surface area contributed by atoms with Crippen LogP contribution in [0.1, 0.15) is 29.2 Å². The number of amides is 2. The second kappa shape index (κ2) is 10.8. The topological polar surface area (TPSA) is 82.5 Å². The molecule has 0 unspecified atom stereocenters. The number of carboxylic acids is 1. The van der Waals surface area contributed by atoms with Gasteiger partial charge in [-0.05, 0) is 47.9 Å². The first-order valence-corrected chi connectivity index (χ1v) is 10.6. The van der Waals surface area contributed by atoms with E-state index in [1.54, 1.807) is 6.92 Å². The summed E-state index contributed by atoms with van der Waals surface area (Å²) in [7, 11) is 0. The Kier molecular flexibility index (Phi) is 7.88. The summed E-state index contributed by atoms with van der Waals surface area (Å²) in [6, 6.07) is 15.2. The number of carbonyl (C=O) groups is 2. The van der Waals surface area contributed by atoms with Gasteiger partial charge in [-0.2, -0.15) is 13.2 Å². The van der Waals surface area contributed by atoms with Crippen molar-refractivity contribution >= 4 is 12.0 Å². The predicted molar refractivity (Wildman–Crippen MR) is 121 cm³/mol. The van der Waals surface area contributed by atoms with Gasteiger partial charge in [-0.3, -0.25) is 9.78 Å². The van der Waals surface area contributed by atoms with Crippen molar-refractivity contribution < 1.29 is 27.9 Å². The molecular weight excluding hydrogens is 447 g/mol. The number of alkyl halides is 3. The van der Waals surface area contributed by atoms with Gasteiger partial charge in [0.15, 0.2) is 0 Å². The minimum Gasteiger partial charge on any atom is -0.481 e. The van der Waals surface area contributed by atoms with Crippen molar-refractivity contribution in [1.82, 2.24) is 15.2 Å². The van der Waals surface area contributed by atoms with Crippen molar-refractivity contribution in [3.05, 3.63) is 89.1 Å². The number of aromatic nitrogens is 1. The van der Waals surface area contributed by atoms with Gasteiger partial charge in [0.25, 0.3) is 0 Å². The highest BCUT2D eigenvalue weighted by Gasteiger charge is 2.31. The monoisotopic (exact) mass is 471 g/mol. The summed E-state index contributed by atoms with van der Waals surface area (Å²) in [6.07, 6.45) is -3.38. The van der Waals surface area contributed by atoms with Crippen LogP contribution in [0.25, 0.3) is 11.3 Å². The van der Waals surface area contributed by atoms with E-state index in [2.05, 4.69) is 10.3 Å². The first-order chi connectivity index (χ1) is 16.2. The molecule has 0 aliphatic heterocycles. The third-order valence-electron chi connectivity index (χ3n) is 5.20. The summed E-state index contributed by atoms with van der Waals surface area (Å²) in [4.78, 5) is 29.5. The Balaban J connectivity index is 1.91. The number of nitrogens with one attached hydrogen (secondary N) is 1. The molecule has 0 atom stereocenters. The standard InChI is InChI=1S/C25H24F3N3O3/c1-2-31(24(34)30-15-17-6-4-3-5-7-17)16-19-14-20(25(26,27)28)8-9-21(19)22-12-18(10-11-29-22)13-23(32)33/h3-12,14H,2,13,15-16H2,1H3,(H,30,34)(H,32,33). The number of benzene rings is 2. The summed E-state index contributed by atoms with van der Waals surface area (Å²) in [5.41, 5.74) is 1.51. The molecule has 6 nitrogen and oxygen atoms in total. The Morgan fingerprint density at radius 2 is 1.76 bits per heavy atom. The van der Waals surface area contributed by atoms with E-state index in [9.17, 15) is 22.8 Å². The summed E-state index contributed by atoms with van der Waals surface area (Å²) >= 11 is 0.